The van der Waals surface area contributed by atoms with Gasteiger partial charge >= 0.3 is 0 Å². The summed E-state index contributed by atoms with van der Waals surface area (Å²) < 4.78 is 0. The van der Waals surface area contributed by atoms with Crippen molar-refractivity contribution in [3.05, 3.63) is 53.4 Å². The fourth-order valence-corrected chi connectivity index (χ4v) is 3.34. The van der Waals surface area contributed by atoms with Crippen molar-refractivity contribution in [3.63, 3.8) is 0 Å². The molecule has 0 spiro atoms. The van der Waals surface area contributed by atoms with E-state index >= 15 is 0 Å². The van der Waals surface area contributed by atoms with Crippen molar-refractivity contribution in [1.29, 1.82) is 0 Å². The second-order valence-corrected chi connectivity index (χ2v) is 5.94. The van der Waals surface area contributed by atoms with Gasteiger partial charge in [0.2, 0.25) is 0 Å². The number of H-pyrrole nitrogens is 1. The number of allylic oxidation sites excluding steroid dienone is 5. The van der Waals surface area contributed by atoms with Gasteiger partial charge in [0.15, 0.2) is 5.69 Å². The number of nitrogens with one attached hydrogen (secondary N) is 2. The minimum Gasteiger partial charge on any atom is -0.283 e. The van der Waals surface area contributed by atoms with E-state index in [0.717, 1.165) is 30.8 Å². The van der Waals surface area contributed by atoms with Gasteiger partial charge in [-0.15, -0.1) is 0 Å². The van der Waals surface area contributed by atoms with Crippen LogP contribution in [0.3, 0.4) is 0 Å². The molecule has 0 radical (unpaired) electrons. The summed E-state index contributed by atoms with van der Waals surface area (Å²) in [6, 6.07) is 0. The molecular formula is C17H18N4O. The molecule has 2 aliphatic carbocycles. The number of rotatable bonds is 2. The average Bonchev–Trinajstić information content (AvgIpc) is 3.13. The van der Waals surface area contributed by atoms with Crippen LogP contribution >= 0.6 is 0 Å². The van der Waals surface area contributed by atoms with E-state index in [2.05, 4.69) is 27.8 Å². The number of carbonyl (C=O) groups is 1. The summed E-state index contributed by atoms with van der Waals surface area (Å²) in [5, 5.41) is 9.13. The first kappa shape index (κ1) is 13.3. The molecule has 1 aromatic heterocycles. The van der Waals surface area contributed by atoms with Gasteiger partial charge in [-0.05, 0) is 24.3 Å². The smallest absolute Gasteiger partial charge is 0.283 e. The standard InChI is InChI=1S/C17H18N4O/c22-17(20-21-10-12-6-5-7-13(12)11-21)16-14-8-3-1-2-4-9-15(14)18-19-16/h1-6,8-9,12-13H,7,10-11H2,(H,18,19)(H,20,22). The second-order valence-electron chi connectivity index (χ2n) is 5.94. The summed E-state index contributed by atoms with van der Waals surface area (Å²) in [5.41, 5.74) is 5.13. The number of amides is 1. The third-order valence-corrected chi connectivity index (χ3v) is 4.48. The Morgan fingerprint density at radius 2 is 2.09 bits per heavy atom. The van der Waals surface area contributed by atoms with Crippen molar-refractivity contribution in [3.8, 4) is 0 Å². The predicted octanol–water partition coefficient (Wildman–Crippen LogP) is 2.16. The van der Waals surface area contributed by atoms with Crippen LogP contribution in [-0.2, 0) is 0 Å². The molecule has 0 saturated carbocycles. The Balaban J connectivity index is 1.51. The van der Waals surface area contributed by atoms with E-state index in [4.69, 9.17) is 0 Å². The number of aromatic amines is 1. The van der Waals surface area contributed by atoms with Crippen LogP contribution in [0.1, 0.15) is 28.2 Å². The Kier molecular flexibility index (Phi) is 3.27. The Bertz CT molecular complexity index is 710. The summed E-state index contributed by atoms with van der Waals surface area (Å²) >= 11 is 0. The Hall–Kier alpha value is -2.40. The van der Waals surface area contributed by atoms with Crippen LogP contribution in [0, 0.1) is 11.8 Å². The van der Waals surface area contributed by atoms with Crippen LogP contribution in [0.4, 0.5) is 0 Å². The lowest BCUT2D eigenvalue weighted by molar-refractivity contribution is 0.0813. The number of hydrazine groups is 1. The molecule has 1 amide bonds. The summed E-state index contributed by atoms with van der Waals surface area (Å²) in [6.07, 6.45) is 17.2. The second kappa shape index (κ2) is 5.42. The van der Waals surface area contributed by atoms with E-state index in [1.807, 2.05) is 41.5 Å². The Morgan fingerprint density at radius 3 is 2.95 bits per heavy atom. The molecule has 3 aliphatic rings. The van der Waals surface area contributed by atoms with Crippen molar-refractivity contribution in [2.75, 3.05) is 13.1 Å². The maximum atomic E-state index is 12.5. The molecule has 5 nitrogen and oxygen atoms in total. The van der Waals surface area contributed by atoms with Crippen LogP contribution in [0.15, 0.2) is 36.5 Å². The van der Waals surface area contributed by atoms with Gasteiger partial charge in [0.1, 0.15) is 0 Å². The highest BCUT2D eigenvalue weighted by Crippen LogP contribution is 2.31. The molecule has 2 N–H and O–H groups in total. The van der Waals surface area contributed by atoms with Gasteiger partial charge < -0.3 is 0 Å². The van der Waals surface area contributed by atoms with Crippen molar-refractivity contribution in [2.24, 2.45) is 11.8 Å². The van der Waals surface area contributed by atoms with Gasteiger partial charge in [0, 0.05) is 18.7 Å². The number of carbonyl (C=O) groups excluding carboxylic acids is 1. The topological polar surface area (TPSA) is 61.0 Å². The minimum atomic E-state index is -0.149. The maximum absolute atomic E-state index is 12.5. The monoisotopic (exact) mass is 294 g/mol. The lowest BCUT2D eigenvalue weighted by Gasteiger charge is -2.17. The fraction of sp³-hybridized carbons (Fsp3) is 0.294. The van der Waals surface area contributed by atoms with E-state index in [0.29, 0.717) is 17.5 Å². The molecule has 112 valence electrons. The summed E-state index contributed by atoms with van der Waals surface area (Å²) in [7, 11) is 0. The number of fused-ring (bicyclic) bond motifs is 2. The quantitative estimate of drug-likeness (QED) is 0.822. The Labute approximate surface area is 129 Å². The molecule has 1 fully saturated rings. The zero-order valence-corrected chi connectivity index (χ0v) is 12.2. The number of nitrogens with zero attached hydrogens (tertiary/aromatic N) is 2. The van der Waals surface area contributed by atoms with Crippen molar-refractivity contribution < 1.29 is 4.79 Å². The molecule has 0 bridgehead atoms. The molecular weight excluding hydrogens is 276 g/mol. The average molecular weight is 294 g/mol. The largest absolute Gasteiger partial charge is 0.286 e. The van der Waals surface area contributed by atoms with Crippen LogP contribution in [0.25, 0.3) is 12.2 Å². The molecule has 2 heterocycles. The van der Waals surface area contributed by atoms with Crippen LogP contribution < -0.4 is 5.43 Å². The number of hydrogen-bond donors (Lipinski definition) is 2. The van der Waals surface area contributed by atoms with Gasteiger partial charge in [-0.1, -0.05) is 42.5 Å². The van der Waals surface area contributed by atoms with Gasteiger partial charge in [-0.3, -0.25) is 15.3 Å². The lowest BCUT2D eigenvalue weighted by atomic mass is 10.0. The van der Waals surface area contributed by atoms with Crippen LogP contribution in [-0.4, -0.2) is 34.2 Å². The first-order valence-corrected chi connectivity index (χ1v) is 7.63. The highest BCUT2D eigenvalue weighted by atomic mass is 16.2. The van der Waals surface area contributed by atoms with Gasteiger partial charge in [0.05, 0.1) is 5.69 Å². The first-order valence-electron chi connectivity index (χ1n) is 7.63. The van der Waals surface area contributed by atoms with Crippen molar-refractivity contribution in [1.82, 2.24) is 20.6 Å². The first-order chi connectivity index (χ1) is 10.8. The minimum absolute atomic E-state index is 0.149. The van der Waals surface area contributed by atoms with Gasteiger partial charge in [0.25, 0.3) is 5.91 Å². The van der Waals surface area contributed by atoms with Crippen LogP contribution in [0.5, 0.6) is 0 Å². The molecule has 1 aromatic rings. The maximum Gasteiger partial charge on any atom is 0.286 e. The lowest BCUT2D eigenvalue weighted by Crippen LogP contribution is -2.41. The summed E-state index contributed by atoms with van der Waals surface area (Å²) in [5.74, 6) is 1.07. The molecule has 5 heteroatoms. The van der Waals surface area contributed by atoms with E-state index in [1.54, 1.807) is 0 Å². The predicted molar refractivity (Wildman–Crippen MR) is 85.6 cm³/mol. The normalized spacial score (nSPS) is 25.8. The van der Waals surface area contributed by atoms with Gasteiger partial charge in [-0.2, -0.15) is 5.10 Å². The zero-order valence-electron chi connectivity index (χ0n) is 12.2. The van der Waals surface area contributed by atoms with Crippen molar-refractivity contribution in [2.45, 2.75) is 6.42 Å². The summed E-state index contributed by atoms with van der Waals surface area (Å²) in [4.78, 5) is 12.5. The van der Waals surface area contributed by atoms with E-state index in [1.165, 1.54) is 0 Å². The van der Waals surface area contributed by atoms with Crippen molar-refractivity contribution >= 4 is 18.1 Å². The molecule has 2 atom stereocenters. The molecule has 4 rings (SSSR count). The summed E-state index contributed by atoms with van der Waals surface area (Å²) in [6.45, 7) is 1.80. The van der Waals surface area contributed by atoms with E-state index < -0.39 is 0 Å². The molecule has 0 aromatic carbocycles. The highest BCUT2D eigenvalue weighted by molar-refractivity contribution is 5.97. The zero-order chi connectivity index (χ0) is 14.9. The number of aromatic nitrogens is 2. The third kappa shape index (κ3) is 2.33. The SMILES string of the molecule is O=C(NN1CC2C=CCC2C1)c1n[nH]c2c1C=CC=CC=C2. The van der Waals surface area contributed by atoms with E-state index in [9.17, 15) is 4.79 Å². The molecule has 2 unspecified atom stereocenters. The molecule has 1 saturated heterocycles. The molecule has 1 aliphatic heterocycles. The van der Waals surface area contributed by atoms with E-state index in [-0.39, 0.29) is 5.91 Å². The van der Waals surface area contributed by atoms with Crippen LogP contribution in [0.2, 0.25) is 0 Å². The number of hydrogen-bond acceptors (Lipinski definition) is 3. The Morgan fingerprint density at radius 1 is 1.23 bits per heavy atom. The highest BCUT2D eigenvalue weighted by Gasteiger charge is 2.34. The molecule has 22 heavy (non-hydrogen) atoms. The third-order valence-electron chi connectivity index (χ3n) is 4.48. The van der Waals surface area contributed by atoms with Gasteiger partial charge in [-0.25, -0.2) is 5.01 Å². The fourth-order valence-electron chi connectivity index (χ4n) is 3.34.